The van der Waals surface area contributed by atoms with Crippen LogP contribution in [0, 0.1) is 0 Å². The van der Waals surface area contributed by atoms with E-state index in [1.54, 1.807) is 67.6 Å². The zero-order chi connectivity index (χ0) is 27.8. The first-order chi connectivity index (χ1) is 18.8. The van der Waals surface area contributed by atoms with Crippen LogP contribution in [0.3, 0.4) is 0 Å². The number of benzene rings is 3. The summed E-state index contributed by atoms with van der Waals surface area (Å²) in [6, 6.07) is 20.3. The number of ether oxygens (including phenoxy) is 1. The Morgan fingerprint density at radius 1 is 0.923 bits per heavy atom. The van der Waals surface area contributed by atoms with Gasteiger partial charge in [-0.05, 0) is 86.6 Å². The van der Waals surface area contributed by atoms with Crippen LogP contribution in [0.2, 0.25) is 5.02 Å². The Morgan fingerprint density at radius 2 is 1.62 bits per heavy atom. The van der Waals surface area contributed by atoms with E-state index < -0.39 is 23.9 Å². The van der Waals surface area contributed by atoms with Crippen molar-refractivity contribution in [2.45, 2.75) is 20.3 Å². The van der Waals surface area contributed by atoms with Gasteiger partial charge >= 0.3 is 5.63 Å². The molecule has 2 amide bonds. The third-order valence-corrected chi connectivity index (χ3v) is 5.58. The largest absolute Gasteiger partial charge is 0.494 e. The number of azo groups is 1. The molecule has 0 aliphatic carbocycles. The van der Waals surface area contributed by atoms with Crippen LogP contribution >= 0.6 is 11.6 Å². The molecule has 0 saturated carbocycles. The van der Waals surface area contributed by atoms with E-state index in [0.717, 1.165) is 5.75 Å². The fourth-order valence-corrected chi connectivity index (χ4v) is 3.57. The van der Waals surface area contributed by atoms with Crippen molar-refractivity contribution in [1.82, 2.24) is 5.43 Å². The van der Waals surface area contributed by atoms with Crippen LogP contribution in [0.4, 0.5) is 17.1 Å². The standard InChI is InChI=1S/C28H24ClN5O5/c1-3-38-23-11-8-21(9-12-23)32-33-22-10-13-25-18(14-22)15-24(28(37)39-25)17(2)31-34-27(36)16-26(35)30-20-6-4-19(29)5-7-20/h4-15H,3,16H2,1-2H3,(H,30,35)(H,34,36)/b31-17+,33-32?. The molecule has 3 aromatic carbocycles. The normalized spacial score (nSPS) is 11.5. The lowest BCUT2D eigenvalue weighted by Gasteiger charge is -2.06. The Labute approximate surface area is 228 Å². The van der Waals surface area contributed by atoms with Gasteiger partial charge in [-0.3, -0.25) is 9.59 Å². The molecule has 0 fully saturated rings. The van der Waals surface area contributed by atoms with Gasteiger partial charge in [0.15, 0.2) is 0 Å². The fourth-order valence-electron chi connectivity index (χ4n) is 3.45. The highest BCUT2D eigenvalue weighted by Gasteiger charge is 2.12. The molecular weight excluding hydrogens is 522 g/mol. The van der Waals surface area contributed by atoms with Crippen molar-refractivity contribution < 1.29 is 18.7 Å². The van der Waals surface area contributed by atoms with Crippen molar-refractivity contribution in [3.8, 4) is 5.75 Å². The van der Waals surface area contributed by atoms with Gasteiger partial charge < -0.3 is 14.5 Å². The maximum atomic E-state index is 12.5. The Balaban J connectivity index is 1.43. The number of halogens is 1. The molecular formula is C28H24ClN5O5. The molecule has 1 aromatic heterocycles. The molecule has 0 saturated heterocycles. The smallest absolute Gasteiger partial charge is 0.345 e. The maximum Gasteiger partial charge on any atom is 0.345 e. The average Bonchev–Trinajstić information content (AvgIpc) is 2.92. The third kappa shape index (κ3) is 7.59. The second-order valence-corrected chi connectivity index (χ2v) is 8.70. The lowest BCUT2D eigenvalue weighted by Crippen LogP contribution is -2.26. The molecule has 198 valence electrons. The van der Waals surface area contributed by atoms with Gasteiger partial charge in [-0.1, -0.05) is 11.6 Å². The molecule has 39 heavy (non-hydrogen) atoms. The molecule has 10 nitrogen and oxygen atoms in total. The van der Waals surface area contributed by atoms with Crippen molar-refractivity contribution in [3.63, 3.8) is 0 Å². The monoisotopic (exact) mass is 545 g/mol. The van der Waals surface area contributed by atoms with E-state index >= 15 is 0 Å². The van der Waals surface area contributed by atoms with E-state index in [1.807, 2.05) is 19.1 Å². The fraction of sp³-hybridized carbons (Fsp3) is 0.143. The number of nitrogens with zero attached hydrogens (tertiary/aromatic N) is 3. The van der Waals surface area contributed by atoms with Gasteiger partial charge in [-0.15, -0.1) is 0 Å². The van der Waals surface area contributed by atoms with Gasteiger partial charge in [0.1, 0.15) is 17.8 Å². The zero-order valence-electron chi connectivity index (χ0n) is 21.1. The van der Waals surface area contributed by atoms with Crippen LogP contribution < -0.4 is 21.1 Å². The van der Waals surface area contributed by atoms with E-state index in [9.17, 15) is 14.4 Å². The number of hydrazone groups is 1. The SMILES string of the molecule is CCOc1ccc(N=Nc2ccc3oc(=O)c(/C(C)=N/NC(=O)CC(=O)Nc4ccc(Cl)cc4)cc3c2)cc1. The Hall–Kier alpha value is -4.83. The second kappa shape index (κ2) is 12.6. The number of amides is 2. The lowest BCUT2D eigenvalue weighted by molar-refractivity contribution is -0.126. The summed E-state index contributed by atoms with van der Waals surface area (Å²) in [5.74, 6) is -0.429. The van der Waals surface area contributed by atoms with Gasteiger partial charge in [0, 0.05) is 16.1 Å². The average molecular weight is 546 g/mol. The zero-order valence-corrected chi connectivity index (χ0v) is 21.9. The highest BCUT2D eigenvalue weighted by molar-refractivity contribution is 6.30. The quantitative estimate of drug-likeness (QED) is 0.0857. The number of carbonyl (C=O) groups excluding carboxylic acids is 2. The summed E-state index contributed by atoms with van der Waals surface area (Å²) in [7, 11) is 0. The summed E-state index contributed by atoms with van der Waals surface area (Å²) in [6.45, 7) is 4.03. The molecule has 11 heteroatoms. The lowest BCUT2D eigenvalue weighted by atomic mass is 10.1. The molecule has 0 radical (unpaired) electrons. The van der Waals surface area contributed by atoms with Crippen LogP contribution in [0.15, 0.2) is 97.3 Å². The Kier molecular flexibility index (Phi) is 8.80. The van der Waals surface area contributed by atoms with Crippen LogP contribution in [0.1, 0.15) is 25.8 Å². The van der Waals surface area contributed by atoms with E-state index in [0.29, 0.717) is 39.7 Å². The van der Waals surface area contributed by atoms with E-state index in [4.69, 9.17) is 20.8 Å². The number of hydrogen-bond acceptors (Lipinski definition) is 8. The molecule has 1 heterocycles. The molecule has 0 bridgehead atoms. The van der Waals surface area contributed by atoms with Crippen LogP contribution in [-0.4, -0.2) is 24.1 Å². The first kappa shape index (κ1) is 27.2. The molecule has 0 spiro atoms. The van der Waals surface area contributed by atoms with Gasteiger partial charge in [0.05, 0.1) is 29.3 Å². The van der Waals surface area contributed by atoms with E-state index in [2.05, 4.69) is 26.1 Å². The maximum absolute atomic E-state index is 12.5. The molecule has 4 rings (SSSR count). The molecule has 2 N–H and O–H groups in total. The van der Waals surface area contributed by atoms with Gasteiger partial charge in [-0.2, -0.15) is 15.3 Å². The Morgan fingerprint density at radius 3 is 2.33 bits per heavy atom. The summed E-state index contributed by atoms with van der Waals surface area (Å²) >= 11 is 5.82. The van der Waals surface area contributed by atoms with Crippen LogP contribution in [0.25, 0.3) is 11.0 Å². The molecule has 0 aliphatic heterocycles. The molecule has 0 unspecified atom stereocenters. The predicted molar refractivity (Wildman–Crippen MR) is 149 cm³/mol. The summed E-state index contributed by atoms with van der Waals surface area (Å²) < 4.78 is 10.8. The van der Waals surface area contributed by atoms with E-state index in [1.165, 1.54) is 0 Å². The third-order valence-electron chi connectivity index (χ3n) is 5.33. The van der Waals surface area contributed by atoms with Gasteiger partial charge in [0.25, 0.3) is 0 Å². The summed E-state index contributed by atoms with van der Waals surface area (Å²) in [4.78, 5) is 36.8. The topological polar surface area (TPSA) is 135 Å². The number of rotatable bonds is 9. The summed E-state index contributed by atoms with van der Waals surface area (Å²) in [5.41, 5.74) is 4.08. The summed E-state index contributed by atoms with van der Waals surface area (Å²) in [5, 5.41) is 16.2. The van der Waals surface area contributed by atoms with Crippen molar-refractivity contribution in [2.75, 3.05) is 11.9 Å². The van der Waals surface area contributed by atoms with Gasteiger partial charge in [0.2, 0.25) is 11.8 Å². The number of nitrogens with one attached hydrogen (secondary N) is 2. The minimum Gasteiger partial charge on any atom is -0.494 e. The molecule has 4 aromatic rings. The van der Waals surface area contributed by atoms with Crippen LogP contribution in [-0.2, 0) is 9.59 Å². The highest BCUT2D eigenvalue weighted by atomic mass is 35.5. The Bertz CT molecular complexity index is 1610. The molecule has 0 aliphatic rings. The minimum atomic E-state index is -0.650. The number of anilines is 1. The second-order valence-electron chi connectivity index (χ2n) is 8.26. The molecule has 0 atom stereocenters. The first-order valence-corrected chi connectivity index (χ1v) is 12.3. The number of hydrogen-bond donors (Lipinski definition) is 2. The van der Waals surface area contributed by atoms with Crippen molar-refractivity contribution >= 4 is 57.2 Å². The van der Waals surface area contributed by atoms with Crippen LogP contribution in [0.5, 0.6) is 5.75 Å². The van der Waals surface area contributed by atoms with Gasteiger partial charge in [-0.25, -0.2) is 10.2 Å². The number of fused-ring (bicyclic) bond motifs is 1. The number of carbonyl (C=O) groups is 2. The highest BCUT2D eigenvalue weighted by Crippen LogP contribution is 2.25. The van der Waals surface area contributed by atoms with E-state index in [-0.39, 0.29) is 11.3 Å². The van der Waals surface area contributed by atoms with Crippen molar-refractivity contribution in [2.24, 2.45) is 15.3 Å². The first-order valence-electron chi connectivity index (χ1n) is 11.9. The van der Waals surface area contributed by atoms with Crippen molar-refractivity contribution in [1.29, 1.82) is 0 Å². The minimum absolute atomic E-state index is 0.147. The predicted octanol–water partition coefficient (Wildman–Crippen LogP) is 6.13. The summed E-state index contributed by atoms with van der Waals surface area (Å²) in [6.07, 6.45) is -0.464. The van der Waals surface area contributed by atoms with Crippen molar-refractivity contribution in [3.05, 3.63) is 93.8 Å².